The quantitative estimate of drug-likeness (QED) is 0.266. The summed E-state index contributed by atoms with van der Waals surface area (Å²) >= 11 is 0. The van der Waals surface area contributed by atoms with Crippen molar-refractivity contribution in [3.8, 4) is 0 Å². The Kier molecular flexibility index (Phi) is 28.8. The van der Waals surface area contributed by atoms with E-state index in [1.54, 1.807) is 0 Å². The van der Waals surface area contributed by atoms with Crippen molar-refractivity contribution < 1.29 is 30.9 Å². The van der Waals surface area contributed by atoms with E-state index >= 15 is 0 Å². The molecular formula is H3GaN3O9. The van der Waals surface area contributed by atoms with Crippen LogP contribution < -0.4 is 0 Å². The molecule has 0 aliphatic heterocycles. The maximum atomic E-state index is 8.36. The third kappa shape index (κ3) is 223. The van der Waals surface area contributed by atoms with E-state index < -0.39 is 15.3 Å². The minimum absolute atomic E-state index is 0. The molecule has 0 unspecified atom stereocenters. The van der Waals surface area contributed by atoms with Crippen molar-refractivity contribution in [1.29, 1.82) is 0 Å². The van der Waals surface area contributed by atoms with Gasteiger partial charge in [0.25, 0.3) is 15.3 Å². The van der Waals surface area contributed by atoms with Gasteiger partial charge in [0.1, 0.15) is 0 Å². The first kappa shape index (κ1) is 22.5. The Bertz CT molecular complexity index is 112. The van der Waals surface area contributed by atoms with E-state index in [1.807, 2.05) is 0 Å². The fourth-order valence-corrected chi connectivity index (χ4v) is 0. The summed E-state index contributed by atoms with van der Waals surface area (Å²) in [4.78, 5) is 25.1. The average molecular weight is 259 g/mol. The van der Waals surface area contributed by atoms with Gasteiger partial charge in [0.2, 0.25) is 0 Å². The van der Waals surface area contributed by atoms with Crippen LogP contribution in [0.5, 0.6) is 0 Å². The van der Waals surface area contributed by atoms with Gasteiger partial charge in [-0.25, -0.2) is 0 Å². The molecule has 0 aromatic heterocycles. The van der Waals surface area contributed by atoms with Crippen LogP contribution in [0.1, 0.15) is 0 Å². The zero-order valence-corrected chi connectivity index (χ0v) is 8.13. The van der Waals surface area contributed by atoms with E-state index in [-0.39, 0.29) is 19.8 Å². The molecule has 0 fully saturated rings. The second-order valence-electron chi connectivity index (χ2n) is 0.714. The summed E-state index contributed by atoms with van der Waals surface area (Å²) in [7, 11) is 0. The molecular weight excluding hydrogens is 256 g/mol. The van der Waals surface area contributed by atoms with Crippen molar-refractivity contribution >= 4 is 19.8 Å². The van der Waals surface area contributed by atoms with Gasteiger partial charge < -0.3 is 15.6 Å². The van der Waals surface area contributed by atoms with Crippen LogP contribution in [0.25, 0.3) is 0 Å². The van der Waals surface area contributed by atoms with Gasteiger partial charge in [-0.15, -0.1) is 30.3 Å². The maximum absolute atomic E-state index is 8.36. The zero-order valence-electron chi connectivity index (χ0n) is 5.71. The minimum Gasteiger partial charge on any atom is -0.328 e. The van der Waals surface area contributed by atoms with Gasteiger partial charge in [0.05, 0.1) is 0 Å². The number of hydrogen-bond donors (Lipinski definition) is 3. The first-order valence-corrected chi connectivity index (χ1v) is 1.70. The summed E-state index contributed by atoms with van der Waals surface area (Å²) < 4.78 is 0. The van der Waals surface area contributed by atoms with E-state index in [0.29, 0.717) is 0 Å². The fraction of sp³-hybridized carbons (Fsp3) is 0. The third-order valence-electron chi connectivity index (χ3n) is 0. The molecule has 13 heavy (non-hydrogen) atoms. The molecule has 0 saturated heterocycles. The van der Waals surface area contributed by atoms with Crippen LogP contribution in [0.15, 0.2) is 0 Å². The minimum atomic E-state index is -1.50. The van der Waals surface area contributed by atoms with Crippen LogP contribution in [0.3, 0.4) is 0 Å². The molecule has 0 aromatic rings. The number of nitrogens with zero attached hydrogens (tertiary/aromatic N) is 3. The fourth-order valence-electron chi connectivity index (χ4n) is 0. The Hall–Kier alpha value is -1.76. The van der Waals surface area contributed by atoms with Gasteiger partial charge in [-0.1, -0.05) is 0 Å². The van der Waals surface area contributed by atoms with Gasteiger partial charge in [-0.05, 0) is 0 Å². The summed E-state index contributed by atoms with van der Waals surface area (Å²) in [5.74, 6) is 0. The molecule has 13 heteroatoms. The second-order valence-corrected chi connectivity index (χ2v) is 0.714. The van der Waals surface area contributed by atoms with Crippen molar-refractivity contribution in [3.63, 3.8) is 0 Å². The van der Waals surface area contributed by atoms with E-state index in [0.717, 1.165) is 0 Å². The van der Waals surface area contributed by atoms with Crippen molar-refractivity contribution in [2.24, 2.45) is 0 Å². The Morgan fingerprint density at radius 2 is 0.692 bits per heavy atom. The van der Waals surface area contributed by atoms with Gasteiger partial charge in [-0.2, -0.15) is 0 Å². The van der Waals surface area contributed by atoms with Crippen LogP contribution >= 0.6 is 0 Å². The Morgan fingerprint density at radius 1 is 0.692 bits per heavy atom. The van der Waals surface area contributed by atoms with E-state index in [9.17, 15) is 0 Å². The normalized spacial score (nSPS) is 5.54. The Labute approximate surface area is 81.8 Å². The van der Waals surface area contributed by atoms with Crippen molar-refractivity contribution in [2.45, 2.75) is 0 Å². The topological polar surface area (TPSA) is 190 Å². The molecule has 12 nitrogen and oxygen atoms in total. The standard InChI is InChI=1S/Ga.3HNO3/c;3*2-1(3)4/h;3*(H,2,3,4). The van der Waals surface area contributed by atoms with E-state index in [2.05, 4.69) is 0 Å². The molecule has 75 valence electrons. The summed E-state index contributed by atoms with van der Waals surface area (Å²) in [5, 5.41) is 40.9. The monoisotopic (exact) mass is 258 g/mol. The Morgan fingerprint density at radius 3 is 0.692 bits per heavy atom. The van der Waals surface area contributed by atoms with Crippen LogP contribution in [0, 0.1) is 30.3 Å². The van der Waals surface area contributed by atoms with Crippen LogP contribution in [-0.2, 0) is 0 Å². The third-order valence-corrected chi connectivity index (χ3v) is 0. The molecule has 0 aliphatic carbocycles. The molecule has 0 aromatic carbocycles. The predicted octanol–water partition coefficient (Wildman–Crippen LogP) is -1.42. The smallest absolute Gasteiger partial charge is 0.291 e. The van der Waals surface area contributed by atoms with Crippen molar-refractivity contribution in [1.82, 2.24) is 0 Å². The van der Waals surface area contributed by atoms with E-state index in [1.165, 1.54) is 0 Å². The molecule has 0 atom stereocenters. The molecule has 0 heterocycles. The summed E-state index contributed by atoms with van der Waals surface area (Å²) in [6.07, 6.45) is 0. The molecule has 0 amide bonds. The molecule has 0 saturated carbocycles. The summed E-state index contributed by atoms with van der Waals surface area (Å²) in [5.41, 5.74) is 0. The van der Waals surface area contributed by atoms with Gasteiger partial charge in [-0.3, -0.25) is 0 Å². The zero-order chi connectivity index (χ0) is 10.7. The average Bonchev–Trinajstić information content (AvgIpc) is 1.54. The summed E-state index contributed by atoms with van der Waals surface area (Å²) in [6.45, 7) is 0. The maximum Gasteiger partial charge on any atom is 0.291 e. The van der Waals surface area contributed by atoms with Gasteiger partial charge >= 0.3 is 0 Å². The second kappa shape index (κ2) is 16.7. The van der Waals surface area contributed by atoms with Crippen molar-refractivity contribution in [3.05, 3.63) is 30.3 Å². The molecule has 3 radical (unpaired) electrons. The molecule has 0 rings (SSSR count). The molecule has 0 spiro atoms. The predicted molar refractivity (Wildman–Crippen MR) is 32.1 cm³/mol. The van der Waals surface area contributed by atoms with Crippen molar-refractivity contribution in [2.75, 3.05) is 0 Å². The largest absolute Gasteiger partial charge is 0.328 e. The Balaban J connectivity index is -0.0000000450. The first-order valence-electron chi connectivity index (χ1n) is 1.70. The van der Waals surface area contributed by atoms with Crippen LogP contribution in [0.2, 0.25) is 0 Å². The molecule has 3 N–H and O–H groups in total. The molecule has 0 aliphatic rings. The van der Waals surface area contributed by atoms with Gasteiger partial charge in [0.15, 0.2) is 0 Å². The summed E-state index contributed by atoms with van der Waals surface area (Å²) in [6, 6.07) is 0. The first-order chi connectivity index (χ1) is 5.20. The number of rotatable bonds is 0. The van der Waals surface area contributed by atoms with Crippen LogP contribution in [-0.4, -0.2) is 50.7 Å². The molecule has 0 bridgehead atoms. The SMILES string of the molecule is O=[N+]([O-])O.O=[N+]([O-])O.O=[N+]([O-])O.[Ga]. The van der Waals surface area contributed by atoms with Gasteiger partial charge in [0, 0.05) is 19.8 Å². The van der Waals surface area contributed by atoms with E-state index in [4.69, 9.17) is 46.0 Å². The van der Waals surface area contributed by atoms with Crippen LogP contribution in [0.4, 0.5) is 0 Å². The number of hydrogen-bond acceptors (Lipinski definition) is 6.